The lowest BCUT2D eigenvalue weighted by atomic mass is 10.0. The fraction of sp³-hybridized carbons (Fsp3) is 0.0714. The molecule has 0 fully saturated rings. The molecule has 0 bridgehead atoms. The molecule has 2 aromatic carbocycles. The standard InChI is InChI=1S/C14H11FO3/c15-12-3-1-2-11(8-12)13(16)9-4-6-10(7-5-9)14(17)18/h1-8,13,16H,(H,17,18). The Kier molecular flexibility index (Phi) is 3.39. The lowest BCUT2D eigenvalue weighted by Gasteiger charge is -2.11. The molecule has 1 unspecified atom stereocenters. The van der Waals surface area contributed by atoms with E-state index in [1.54, 1.807) is 6.07 Å². The Morgan fingerprint density at radius 2 is 1.72 bits per heavy atom. The number of aliphatic hydroxyl groups is 1. The van der Waals surface area contributed by atoms with Crippen molar-refractivity contribution in [3.63, 3.8) is 0 Å². The van der Waals surface area contributed by atoms with Crippen molar-refractivity contribution in [1.29, 1.82) is 0 Å². The molecule has 0 heterocycles. The lowest BCUT2D eigenvalue weighted by molar-refractivity contribution is 0.0696. The van der Waals surface area contributed by atoms with E-state index in [0.29, 0.717) is 11.1 Å². The number of halogens is 1. The molecule has 2 aromatic rings. The van der Waals surface area contributed by atoms with Gasteiger partial charge in [0.15, 0.2) is 0 Å². The minimum absolute atomic E-state index is 0.144. The van der Waals surface area contributed by atoms with E-state index in [1.807, 2.05) is 0 Å². The second-order valence-corrected chi connectivity index (χ2v) is 3.88. The summed E-state index contributed by atoms with van der Waals surface area (Å²) in [5, 5.41) is 18.8. The van der Waals surface area contributed by atoms with Crippen LogP contribution in [0.1, 0.15) is 27.6 Å². The quantitative estimate of drug-likeness (QED) is 0.875. The summed E-state index contributed by atoms with van der Waals surface area (Å²) >= 11 is 0. The highest BCUT2D eigenvalue weighted by atomic mass is 19.1. The monoisotopic (exact) mass is 246 g/mol. The number of rotatable bonds is 3. The molecule has 92 valence electrons. The van der Waals surface area contributed by atoms with E-state index in [4.69, 9.17) is 5.11 Å². The fourth-order valence-corrected chi connectivity index (χ4v) is 1.68. The van der Waals surface area contributed by atoms with Gasteiger partial charge in [-0.3, -0.25) is 0 Å². The van der Waals surface area contributed by atoms with Gasteiger partial charge in [0.05, 0.1) is 5.56 Å². The Bertz CT molecular complexity index is 564. The van der Waals surface area contributed by atoms with Crippen LogP contribution in [-0.2, 0) is 0 Å². The van der Waals surface area contributed by atoms with Crippen molar-refractivity contribution in [3.8, 4) is 0 Å². The topological polar surface area (TPSA) is 57.5 Å². The SMILES string of the molecule is O=C(O)c1ccc(C(O)c2cccc(F)c2)cc1. The van der Waals surface area contributed by atoms with Crippen molar-refractivity contribution in [2.45, 2.75) is 6.10 Å². The molecular formula is C14H11FO3. The van der Waals surface area contributed by atoms with Crippen molar-refractivity contribution in [2.75, 3.05) is 0 Å². The Labute approximate surface area is 103 Å². The Balaban J connectivity index is 2.28. The van der Waals surface area contributed by atoms with Crippen molar-refractivity contribution >= 4 is 5.97 Å². The summed E-state index contributed by atoms with van der Waals surface area (Å²) in [6.45, 7) is 0. The molecule has 0 amide bonds. The molecule has 0 aliphatic rings. The van der Waals surface area contributed by atoms with Gasteiger partial charge < -0.3 is 10.2 Å². The summed E-state index contributed by atoms with van der Waals surface area (Å²) in [5.41, 5.74) is 1.09. The summed E-state index contributed by atoms with van der Waals surface area (Å²) < 4.78 is 13.0. The first-order chi connectivity index (χ1) is 8.58. The van der Waals surface area contributed by atoms with E-state index in [-0.39, 0.29) is 5.56 Å². The third kappa shape index (κ3) is 2.55. The van der Waals surface area contributed by atoms with Gasteiger partial charge in [0.25, 0.3) is 0 Å². The fourth-order valence-electron chi connectivity index (χ4n) is 1.68. The smallest absolute Gasteiger partial charge is 0.335 e. The Morgan fingerprint density at radius 1 is 1.06 bits per heavy atom. The van der Waals surface area contributed by atoms with Crippen LogP contribution in [0.4, 0.5) is 4.39 Å². The molecule has 0 radical (unpaired) electrons. The zero-order chi connectivity index (χ0) is 13.1. The molecule has 2 N–H and O–H groups in total. The van der Waals surface area contributed by atoms with Crippen LogP contribution in [0.5, 0.6) is 0 Å². The number of hydrogen-bond donors (Lipinski definition) is 2. The minimum Gasteiger partial charge on any atom is -0.478 e. The predicted octanol–water partition coefficient (Wildman–Crippen LogP) is 2.61. The summed E-state index contributed by atoms with van der Waals surface area (Å²) in [4.78, 5) is 10.7. The van der Waals surface area contributed by atoms with Crippen LogP contribution in [0.3, 0.4) is 0 Å². The van der Waals surface area contributed by atoms with Crippen LogP contribution >= 0.6 is 0 Å². The maximum absolute atomic E-state index is 13.0. The van der Waals surface area contributed by atoms with Crippen molar-refractivity contribution in [2.24, 2.45) is 0 Å². The highest BCUT2D eigenvalue weighted by molar-refractivity contribution is 5.87. The van der Waals surface area contributed by atoms with Crippen LogP contribution in [0, 0.1) is 5.82 Å². The maximum Gasteiger partial charge on any atom is 0.335 e. The van der Waals surface area contributed by atoms with E-state index in [9.17, 15) is 14.3 Å². The largest absolute Gasteiger partial charge is 0.478 e. The average molecular weight is 246 g/mol. The second kappa shape index (κ2) is 4.98. The molecule has 0 aromatic heterocycles. The minimum atomic E-state index is -1.03. The van der Waals surface area contributed by atoms with Gasteiger partial charge >= 0.3 is 5.97 Å². The van der Waals surface area contributed by atoms with Crippen LogP contribution in [0.2, 0.25) is 0 Å². The highest BCUT2D eigenvalue weighted by Crippen LogP contribution is 2.22. The average Bonchev–Trinajstić information content (AvgIpc) is 2.38. The zero-order valence-corrected chi connectivity index (χ0v) is 9.38. The molecule has 4 heteroatoms. The number of carbonyl (C=O) groups is 1. The van der Waals surface area contributed by atoms with E-state index in [2.05, 4.69) is 0 Å². The summed E-state index contributed by atoms with van der Waals surface area (Å²) in [7, 11) is 0. The van der Waals surface area contributed by atoms with E-state index >= 15 is 0 Å². The highest BCUT2D eigenvalue weighted by Gasteiger charge is 2.11. The van der Waals surface area contributed by atoms with Crippen LogP contribution < -0.4 is 0 Å². The first-order valence-electron chi connectivity index (χ1n) is 5.34. The van der Waals surface area contributed by atoms with Gasteiger partial charge in [0, 0.05) is 0 Å². The predicted molar refractivity (Wildman–Crippen MR) is 63.9 cm³/mol. The molecule has 2 rings (SSSR count). The van der Waals surface area contributed by atoms with Gasteiger partial charge in [0.2, 0.25) is 0 Å². The first kappa shape index (κ1) is 12.3. The van der Waals surface area contributed by atoms with Crippen molar-refractivity contribution in [3.05, 3.63) is 71.0 Å². The number of aromatic carboxylic acids is 1. The maximum atomic E-state index is 13.0. The summed E-state index contributed by atoms with van der Waals surface area (Å²) in [6.07, 6.45) is -0.969. The number of hydrogen-bond acceptors (Lipinski definition) is 2. The Hall–Kier alpha value is -2.20. The third-order valence-corrected chi connectivity index (χ3v) is 2.64. The van der Waals surface area contributed by atoms with E-state index in [1.165, 1.54) is 42.5 Å². The van der Waals surface area contributed by atoms with Gasteiger partial charge in [-0.25, -0.2) is 9.18 Å². The first-order valence-corrected chi connectivity index (χ1v) is 5.34. The van der Waals surface area contributed by atoms with Gasteiger partial charge in [-0.1, -0.05) is 24.3 Å². The molecule has 0 saturated carbocycles. The molecule has 0 aliphatic heterocycles. The lowest BCUT2D eigenvalue weighted by Crippen LogP contribution is -2.02. The van der Waals surface area contributed by atoms with Crippen molar-refractivity contribution in [1.82, 2.24) is 0 Å². The molecular weight excluding hydrogens is 235 g/mol. The van der Waals surface area contributed by atoms with E-state index in [0.717, 1.165) is 0 Å². The molecule has 0 aliphatic carbocycles. The number of carboxylic acids is 1. The van der Waals surface area contributed by atoms with Crippen LogP contribution in [-0.4, -0.2) is 16.2 Å². The third-order valence-electron chi connectivity index (χ3n) is 2.64. The van der Waals surface area contributed by atoms with Gasteiger partial charge in [-0.2, -0.15) is 0 Å². The normalized spacial score (nSPS) is 12.1. The van der Waals surface area contributed by atoms with Crippen LogP contribution in [0.25, 0.3) is 0 Å². The Morgan fingerprint density at radius 3 is 2.28 bits per heavy atom. The molecule has 0 saturated heterocycles. The molecule has 18 heavy (non-hydrogen) atoms. The molecule has 3 nitrogen and oxygen atoms in total. The summed E-state index contributed by atoms with van der Waals surface area (Å²) in [5.74, 6) is -1.45. The second-order valence-electron chi connectivity index (χ2n) is 3.88. The van der Waals surface area contributed by atoms with Gasteiger partial charge in [0.1, 0.15) is 11.9 Å². The van der Waals surface area contributed by atoms with Crippen molar-refractivity contribution < 1.29 is 19.4 Å². The molecule has 0 spiro atoms. The van der Waals surface area contributed by atoms with Gasteiger partial charge in [-0.05, 0) is 35.4 Å². The number of benzene rings is 2. The van der Waals surface area contributed by atoms with E-state index < -0.39 is 17.9 Å². The molecule has 1 atom stereocenters. The zero-order valence-electron chi connectivity index (χ0n) is 9.38. The van der Waals surface area contributed by atoms with Gasteiger partial charge in [-0.15, -0.1) is 0 Å². The summed E-state index contributed by atoms with van der Waals surface area (Å²) in [6, 6.07) is 11.5. The number of aliphatic hydroxyl groups excluding tert-OH is 1. The van der Waals surface area contributed by atoms with Crippen LogP contribution in [0.15, 0.2) is 48.5 Å². The number of carboxylic acid groups (broad SMARTS) is 1.